The van der Waals surface area contributed by atoms with Crippen molar-refractivity contribution in [2.45, 2.75) is 37.9 Å². The van der Waals surface area contributed by atoms with Crippen LogP contribution in [0.3, 0.4) is 0 Å². The van der Waals surface area contributed by atoms with Gasteiger partial charge in [0, 0.05) is 24.0 Å². The highest BCUT2D eigenvalue weighted by atomic mass is 16.6. The van der Waals surface area contributed by atoms with Gasteiger partial charge in [0.15, 0.2) is 0 Å². The first-order valence-electron chi connectivity index (χ1n) is 10.7. The Morgan fingerprint density at radius 2 is 1.06 bits per heavy atom. The maximum atomic E-state index is 11.5. The fourth-order valence-electron chi connectivity index (χ4n) is 3.64. The lowest BCUT2D eigenvalue weighted by Crippen LogP contribution is -2.03. The normalized spacial score (nSPS) is 20.2. The van der Waals surface area contributed by atoms with Crippen LogP contribution in [0.1, 0.15) is 49.0 Å². The minimum absolute atomic E-state index is 0.247. The minimum Gasteiger partial charge on any atom is -0.494 e. The van der Waals surface area contributed by atoms with Crippen LogP contribution >= 0.6 is 0 Å². The van der Waals surface area contributed by atoms with E-state index in [1.54, 1.807) is 0 Å². The molecule has 32 heavy (non-hydrogen) atoms. The molecule has 0 spiro atoms. The van der Waals surface area contributed by atoms with Crippen molar-refractivity contribution in [2.24, 2.45) is 0 Å². The topological polar surface area (TPSA) is 71.1 Å². The Hall–Kier alpha value is -3.54. The first-order chi connectivity index (χ1) is 15.5. The van der Waals surface area contributed by atoms with Gasteiger partial charge in [-0.25, -0.2) is 9.59 Å². The van der Waals surface area contributed by atoms with Crippen LogP contribution in [-0.2, 0) is 19.1 Å². The highest BCUT2D eigenvalue weighted by molar-refractivity contribution is 5.90. The van der Waals surface area contributed by atoms with Crippen LogP contribution in [0.4, 0.5) is 0 Å². The van der Waals surface area contributed by atoms with E-state index in [-0.39, 0.29) is 24.1 Å². The van der Waals surface area contributed by atoms with Gasteiger partial charge >= 0.3 is 11.9 Å². The van der Waals surface area contributed by atoms with Gasteiger partial charge in [-0.05, 0) is 48.2 Å². The molecule has 0 N–H and O–H groups in total. The molecule has 2 fully saturated rings. The Morgan fingerprint density at radius 1 is 0.688 bits per heavy atom. The molecule has 0 saturated carbocycles. The number of carbonyl (C=O) groups excluding carboxylic acids is 2. The van der Waals surface area contributed by atoms with Crippen LogP contribution in [0.15, 0.2) is 72.8 Å². The molecule has 0 radical (unpaired) electrons. The zero-order chi connectivity index (χ0) is 22.5. The maximum Gasteiger partial charge on any atom is 0.334 e. The fourth-order valence-corrected chi connectivity index (χ4v) is 3.64. The lowest BCUT2D eigenvalue weighted by molar-refractivity contribution is -0.140. The predicted molar refractivity (Wildman–Crippen MR) is 118 cm³/mol. The van der Waals surface area contributed by atoms with Gasteiger partial charge in [0.25, 0.3) is 0 Å². The highest BCUT2D eigenvalue weighted by Crippen LogP contribution is 2.33. The number of unbranched alkanes of at least 4 members (excludes halogenated alkanes) is 1. The van der Waals surface area contributed by atoms with Crippen LogP contribution in [0.25, 0.3) is 0 Å². The summed E-state index contributed by atoms with van der Waals surface area (Å²) in [4.78, 5) is 22.9. The Morgan fingerprint density at radius 3 is 1.38 bits per heavy atom. The van der Waals surface area contributed by atoms with Crippen LogP contribution in [0, 0.1) is 0 Å². The Labute approximate surface area is 187 Å². The van der Waals surface area contributed by atoms with Crippen molar-refractivity contribution in [3.05, 3.63) is 84.0 Å². The van der Waals surface area contributed by atoms with Crippen molar-refractivity contribution in [1.29, 1.82) is 0 Å². The molecule has 4 rings (SSSR count). The molecule has 2 aliphatic rings. The summed E-state index contributed by atoms with van der Waals surface area (Å²) in [5.74, 6) is 0.922. The summed E-state index contributed by atoms with van der Waals surface area (Å²) >= 11 is 0. The minimum atomic E-state index is -0.320. The zero-order valence-electron chi connectivity index (χ0n) is 17.9. The van der Waals surface area contributed by atoms with Gasteiger partial charge in [0.2, 0.25) is 0 Å². The van der Waals surface area contributed by atoms with E-state index in [0.29, 0.717) is 37.2 Å². The van der Waals surface area contributed by atoms with E-state index in [0.717, 1.165) is 35.5 Å². The first kappa shape index (κ1) is 21.7. The van der Waals surface area contributed by atoms with Crippen molar-refractivity contribution >= 4 is 11.9 Å². The van der Waals surface area contributed by atoms with Crippen LogP contribution in [0.5, 0.6) is 11.5 Å². The van der Waals surface area contributed by atoms with E-state index in [2.05, 4.69) is 13.2 Å². The largest absolute Gasteiger partial charge is 0.494 e. The lowest BCUT2D eigenvalue weighted by Gasteiger charge is -2.12. The summed E-state index contributed by atoms with van der Waals surface area (Å²) in [5.41, 5.74) is 2.91. The number of carbonyl (C=O) groups is 2. The first-order valence-corrected chi connectivity index (χ1v) is 10.7. The van der Waals surface area contributed by atoms with E-state index in [1.165, 1.54) is 0 Å². The number of hydrogen-bond donors (Lipinski definition) is 0. The molecule has 2 aromatic rings. The number of rotatable bonds is 9. The van der Waals surface area contributed by atoms with Gasteiger partial charge in [-0.1, -0.05) is 37.4 Å². The molecular formula is C26H26O6. The molecule has 0 aromatic heterocycles. The van der Waals surface area contributed by atoms with E-state index in [9.17, 15) is 9.59 Å². The van der Waals surface area contributed by atoms with Crippen LogP contribution in [-0.4, -0.2) is 25.2 Å². The molecule has 0 amide bonds. The van der Waals surface area contributed by atoms with Gasteiger partial charge < -0.3 is 18.9 Å². The van der Waals surface area contributed by atoms with E-state index in [4.69, 9.17) is 18.9 Å². The average molecular weight is 434 g/mol. The van der Waals surface area contributed by atoms with Crippen molar-refractivity contribution in [3.63, 3.8) is 0 Å². The van der Waals surface area contributed by atoms with Gasteiger partial charge in [0.05, 0.1) is 13.2 Å². The van der Waals surface area contributed by atoms with Gasteiger partial charge in [-0.2, -0.15) is 0 Å². The van der Waals surface area contributed by atoms with Crippen LogP contribution < -0.4 is 9.47 Å². The molecule has 6 heteroatoms. The summed E-state index contributed by atoms with van der Waals surface area (Å²) in [5, 5.41) is 0. The quantitative estimate of drug-likeness (QED) is 0.314. The Kier molecular flexibility index (Phi) is 6.59. The number of esters is 2. The molecule has 2 aliphatic heterocycles. The summed E-state index contributed by atoms with van der Waals surface area (Å²) in [6.07, 6.45) is 2.29. The molecule has 0 bridgehead atoms. The third kappa shape index (κ3) is 5.19. The molecular weight excluding hydrogens is 408 g/mol. The number of benzene rings is 2. The van der Waals surface area contributed by atoms with Crippen molar-refractivity contribution in [3.8, 4) is 11.5 Å². The monoisotopic (exact) mass is 434 g/mol. The van der Waals surface area contributed by atoms with Crippen LogP contribution in [0.2, 0.25) is 0 Å². The number of ether oxygens (including phenoxy) is 4. The smallest absolute Gasteiger partial charge is 0.334 e. The molecule has 2 aromatic carbocycles. The van der Waals surface area contributed by atoms with Crippen molar-refractivity contribution in [1.82, 2.24) is 0 Å². The highest BCUT2D eigenvalue weighted by Gasteiger charge is 2.29. The number of cyclic esters (lactones) is 2. The summed E-state index contributed by atoms with van der Waals surface area (Å²) in [7, 11) is 0. The van der Waals surface area contributed by atoms with E-state index in [1.807, 2.05) is 48.5 Å². The molecule has 2 heterocycles. The van der Waals surface area contributed by atoms with Gasteiger partial charge in [-0.15, -0.1) is 0 Å². The summed E-state index contributed by atoms with van der Waals surface area (Å²) in [6, 6.07) is 15.2. The molecule has 166 valence electrons. The fraction of sp³-hybridized carbons (Fsp3) is 0.308. The zero-order valence-corrected chi connectivity index (χ0v) is 17.9. The lowest BCUT2D eigenvalue weighted by atomic mass is 10.1. The number of hydrogen-bond acceptors (Lipinski definition) is 6. The predicted octanol–water partition coefficient (Wildman–Crippen LogP) is 5.01. The third-order valence-electron chi connectivity index (χ3n) is 5.52. The van der Waals surface area contributed by atoms with Gasteiger partial charge in [-0.3, -0.25) is 0 Å². The van der Waals surface area contributed by atoms with E-state index < -0.39 is 0 Å². The third-order valence-corrected chi connectivity index (χ3v) is 5.52. The molecule has 2 unspecified atom stereocenters. The second kappa shape index (κ2) is 9.73. The summed E-state index contributed by atoms with van der Waals surface area (Å²) in [6.45, 7) is 8.60. The average Bonchev–Trinajstić information content (AvgIpc) is 3.32. The van der Waals surface area contributed by atoms with Crippen molar-refractivity contribution in [2.75, 3.05) is 13.2 Å². The molecule has 6 nitrogen and oxygen atoms in total. The molecule has 0 aliphatic carbocycles. The molecule has 2 atom stereocenters. The Balaban J connectivity index is 1.13. The molecule has 2 saturated heterocycles. The van der Waals surface area contributed by atoms with E-state index >= 15 is 0 Å². The SMILES string of the molecule is C=C1CC(c2ccc(OCCCCOc3ccc(C4CC(=C)C(=O)O4)cc3)cc2)OC1=O. The second-order valence-corrected chi connectivity index (χ2v) is 7.95. The standard InChI is InChI=1S/C26H26O6/c1-17-15-23(31-25(17)27)19-5-9-21(10-6-19)29-13-3-4-14-30-22-11-7-20(8-12-22)24-16-18(2)26(28)32-24/h5-12,23-24H,1-4,13-16H2. The van der Waals surface area contributed by atoms with Gasteiger partial charge in [0.1, 0.15) is 23.7 Å². The Bertz CT molecular complexity index is 890. The maximum absolute atomic E-state index is 11.5. The second-order valence-electron chi connectivity index (χ2n) is 7.95. The summed E-state index contributed by atoms with van der Waals surface area (Å²) < 4.78 is 22.1. The van der Waals surface area contributed by atoms with Crippen molar-refractivity contribution < 1.29 is 28.5 Å².